The summed E-state index contributed by atoms with van der Waals surface area (Å²) in [5.41, 5.74) is 10.4. The van der Waals surface area contributed by atoms with Crippen molar-refractivity contribution in [2.75, 3.05) is 45.2 Å². The third kappa shape index (κ3) is 3.85. The van der Waals surface area contributed by atoms with Gasteiger partial charge in [0.15, 0.2) is 0 Å². The Balaban J connectivity index is 1.42. The van der Waals surface area contributed by atoms with Gasteiger partial charge in [0.1, 0.15) is 5.65 Å². The molecular formula is C19H23N5O2. The molecule has 1 saturated heterocycles. The minimum absolute atomic E-state index is 0.549. The standard InChI is InChI=1S/C19H23N5O2/c20-16-8-15(10-21-11-16)18-12-23-19-17(18)7-14(9-22-19)13-26-6-3-24-1-4-25-5-2-24/h7-12H,1-6,13,20H2,(H,22,23). The van der Waals surface area contributed by atoms with Crippen LogP contribution in [-0.4, -0.2) is 59.3 Å². The van der Waals surface area contributed by atoms with Crippen molar-refractivity contribution in [3.63, 3.8) is 0 Å². The van der Waals surface area contributed by atoms with Gasteiger partial charge >= 0.3 is 0 Å². The summed E-state index contributed by atoms with van der Waals surface area (Å²) >= 11 is 0. The Hall–Kier alpha value is -2.48. The Bertz CT molecular complexity index is 873. The van der Waals surface area contributed by atoms with Gasteiger partial charge in [-0.05, 0) is 17.7 Å². The first-order valence-corrected chi connectivity index (χ1v) is 8.84. The maximum absolute atomic E-state index is 5.86. The number of nitrogen functional groups attached to an aromatic ring is 1. The number of nitrogens with zero attached hydrogens (tertiary/aromatic N) is 3. The van der Waals surface area contributed by atoms with Crippen LogP contribution < -0.4 is 5.73 Å². The van der Waals surface area contributed by atoms with Gasteiger partial charge in [0.05, 0.1) is 32.1 Å². The monoisotopic (exact) mass is 353 g/mol. The number of nitrogens with two attached hydrogens (primary N) is 1. The predicted octanol–water partition coefficient (Wildman–Crippen LogP) is 2.06. The summed E-state index contributed by atoms with van der Waals surface area (Å²) in [5.74, 6) is 0. The molecule has 0 aromatic carbocycles. The first-order chi connectivity index (χ1) is 12.8. The van der Waals surface area contributed by atoms with Gasteiger partial charge in [-0.15, -0.1) is 0 Å². The highest BCUT2D eigenvalue weighted by atomic mass is 16.5. The third-order valence-electron chi connectivity index (χ3n) is 4.58. The average Bonchev–Trinajstić information content (AvgIpc) is 3.09. The molecule has 0 spiro atoms. The molecule has 0 saturated carbocycles. The summed E-state index contributed by atoms with van der Waals surface area (Å²) in [6.07, 6.45) is 7.25. The summed E-state index contributed by atoms with van der Waals surface area (Å²) in [5, 5.41) is 1.05. The molecule has 7 heteroatoms. The van der Waals surface area contributed by atoms with E-state index in [-0.39, 0.29) is 0 Å². The fraction of sp³-hybridized carbons (Fsp3) is 0.368. The van der Waals surface area contributed by atoms with Gasteiger partial charge in [-0.2, -0.15) is 0 Å². The van der Waals surface area contributed by atoms with Crippen molar-refractivity contribution < 1.29 is 9.47 Å². The van der Waals surface area contributed by atoms with E-state index >= 15 is 0 Å². The van der Waals surface area contributed by atoms with E-state index in [1.54, 1.807) is 6.20 Å². The molecule has 4 heterocycles. The molecule has 1 aliphatic heterocycles. The number of hydrogen-bond donors (Lipinski definition) is 2. The second-order valence-electron chi connectivity index (χ2n) is 6.46. The normalized spacial score (nSPS) is 15.5. The van der Waals surface area contributed by atoms with E-state index in [1.807, 2.05) is 24.7 Å². The number of aromatic nitrogens is 3. The smallest absolute Gasteiger partial charge is 0.137 e. The van der Waals surface area contributed by atoms with Gasteiger partial charge < -0.3 is 20.2 Å². The van der Waals surface area contributed by atoms with Gasteiger partial charge in [-0.3, -0.25) is 9.88 Å². The second kappa shape index (κ2) is 7.82. The van der Waals surface area contributed by atoms with Crippen LogP contribution in [0.2, 0.25) is 0 Å². The zero-order chi connectivity index (χ0) is 17.8. The van der Waals surface area contributed by atoms with Gasteiger partial charge in [0.2, 0.25) is 0 Å². The van der Waals surface area contributed by atoms with Crippen LogP contribution >= 0.6 is 0 Å². The van der Waals surface area contributed by atoms with E-state index in [4.69, 9.17) is 15.2 Å². The molecule has 26 heavy (non-hydrogen) atoms. The van der Waals surface area contributed by atoms with Gasteiger partial charge in [-0.25, -0.2) is 4.98 Å². The van der Waals surface area contributed by atoms with Crippen molar-refractivity contribution in [3.8, 4) is 11.1 Å². The van der Waals surface area contributed by atoms with Gasteiger partial charge in [0, 0.05) is 60.9 Å². The molecule has 1 fully saturated rings. The molecule has 4 rings (SSSR count). The number of fused-ring (bicyclic) bond motifs is 1. The molecule has 0 atom stereocenters. The molecule has 136 valence electrons. The highest BCUT2D eigenvalue weighted by Crippen LogP contribution is 2.28. The molecule has 0 bridgehead atoms. The molecule has 3 aromatic heterocycles. The summed E-state index contributed by atoms with van der Waals surface area (Å²) in [6, 6.07) is 4.03. The largest absolute Gasteiger partial charge is 0.397 e. The number of nitrogens with one attached hydrogen (secondary N) is 1. The molecule has 3 N–H and O–H groups in total. The highest BCUT2D eigenvalue weighted by Gasteiger charge is 2.11. The number of morpholine rings is 1. The van der Waals surface area contributed by atoms with E-state index in [0.29, 0.717) is 18.9 Å². The van der Waals surface area contributed by atoms with Crippen LogP contribution in [0.4, 0.5) is 5.69 Å². The number of rotatable bonds is 6. The van der Waals surface area contributed by atoms with E-state index in [1.165, 1.54) is 0 Å². The lowest BCUT2D eigenvalue weighted by Gasteiger charge is -2.26. The number of aromatic amines is 1. The van der Waals surface area contributed by atoms with Crippen molar-refractivity contribution in [2.45, 2.75) is 6.61 Å². The van der Waals surface area contributed by atoms with Crippen LogP contribution in [0.5, 0.6) is 0 Å². The van der Waals surface area contributed by atoms with Crippen LogP contribution in [0, 0.1) is 0 Å². The first-order valence-electron chi connectivity index (χ1n) is 8.84. The van der Waals surface area contributed by atoms with Crippen molar-refractivity contribution in [1.82, 2.24) is 19.9 Å². The van der Waals surface area contributed by atoms with Crippen molar-refractivity contribution in [3.05, 3.63) is 42.5 Å². The minimum atomic E-state index is 0.549. The maximum Gasteiger partial charge on any atom is 0.137 e. The third-order valence-corrected chi connectivity index (χ3v) is 4.58. The van der Waals surface area contributed by atoms with E-state index in [9.17, 15) is 0 Å². The lowest BCUT2D eigenvalue weighted by Crippen LogP contribution is -2.38. The van der Waals surface area contributed by atoms with Crippen molar-refractivity contribution >= 4 is 16.7 Å². The Morgan fingerprint density at radius 2 is 2.08 bits per heavy atom. The second-order valence-corrected chi connectivity index (χ2v) is 6.46. The Morgan fingerprint density at radius 3 is 2.92 bits per heavy atom. The number of H-pyrrole nitrogens is 1. The molecule has 0 radical (unpaired) electrons. The highest BCUT2D eigenvalue weighted by molar-refractivity contribution is 5.94. The summed E-state index contributed by atoms with van der Waals surface area (Å²) in [7, 11) is 0. The van der Waals surface area contributed by atoms with Crippen LogP contribution in [0.3, 0.4) is 0 Å². The molecular weight excluding hydrogens is 330 g/mol. The first kappa shape index (κ1) is 17.0. The number of ether oxygens (including phenoxy) is 2. The molecule has 1 aliphatic rings. The number of pyridine rings is 2. The van der Waals surface area contributed by atoms with Gasteiger partial charge in [0.25, 0.3) is 0 Å². The molecule has 3 aromatic rings. The Kier molecular flexibility index (Phi) is 5.10. The summed E-state index contributed by atoms with van der Waals surface area (Å²) in [6.45, 7) is 5.79. The summed E-state index contributed by atoms with van der Waals surface area (Å²) < 4.78 is 11.2. The quantitative estimate of drug-likeness (QED) is 0.660. The van der Waals surface area contributed by atoms with Crippen molar-refractivity contribution in [2.24, 2.45) is 0 Å². The zero-order valence-electron chi connectivity index (χ0n) is 14.6. The topological polar surface area (TPSA) is 89.3 Å². The maximum atomic E-state index is 5.86. The van der Waals surface area contributed by atoms with Gasteiger partial charge in [-0.1, -0.05) is 0 Å². The van der Waals surface area contributed by atoms with Crippen LogP contribution in [-0.2, 0) is 16.1 Å². The molecule has 0 aliphatic carbocycles. The molecule has 0 unspecified atom stereocenters. The lowest BCUT2D eigenvalue weighted by molar-refractivity contribution is 0.0180. The lowest BCUT2D eigenvalue weighted by atomic mass is 10.1. The SMILES string of the molecule is Nc1cncc(-c2c[nH]c3ncc(COCCN4CCOCC4)cc23)c1. The minimum Gasteiger partial charge on any atom is -0.397 e. The average molecular weight is 353 g/mol. The van der Waals surface area contributed by atoms with Crippen molar-refractivity contribution in [1.29, 1.82) is 0 Å². The zero-order valence-corrected chi connectivity index (χ0v) is 14.6. The predicted molar refractivity (Wildman–Crippen MR) is 101 cm³/mol. The summed E-state index contributed by atoms with van der Waals surface area (Å²) in [4.78, 5) is 14.2. The fourth-order valence-electron chi connectivity index (χ4n) is 3.18. The Labute approximate surface area is 152 Å². The Morgan fingerprint density at radius 1 is 1.19 bits per heavy atom. The van der Waals surface area contributed by atoms with Crippen LogP contribution in [0.25, 0.3) is 22.2 Å². The van der Waals surface area contributed by atoms with Crippen LogP contribution in [0.1, 0.15) is 5.56 Å². The van der Waals surface area contributed by atoms with E-state index < -0.39 is 0 Å². The number of anilines is 1. The van der Waals surface area contributed by atoms with E-state index in [0.717, 1.165) is 60.6 Å². The number of hydrogen-bond acceptors (Lipinski definition) is 6. The van der Waals surface area contributed by atoms with E-state index in [2.05, 4.69) is 25.9 Å². The molecule has 7 nitrogen and oxygen atoms in total. The fourth-order valence-corrected chi connectivity index (χ4v) is 3.18. The molecule has 0 amide bonds. The van der Waals surface area contributed by atoms with Crippen LogP contribution in [0.15, 0.2) is 36.9 Å².